The van der Waals surface area contributed by atoms with Gasteiger partial charge in [-0.3, -0.25) is 4.57 Å². The Balaban J connectivity index is 1.42. The van der Waals surface area contributed by atoms with Crippen molar-refractivity contribution in [2.45, 2.75) is 68.1 Å². The van der Waals surface area contributed by atoms with Crippen LogP contribution in [0.2, 0.25) is 0 Å². The largest absolute Gasteiger partial charge is 0.378 e. The molecule has 0 unspecified atom stereocenters. The van der Waals surface area contributed by atoms with Crippen molar-refractivity contribution < 1.29 is 4.74 Å². The highest BCUT2D eigenvalue weighted by molar-refractivity contribution is 7.99. The highest BCUT2D eigenvalue weighted by Gasteiger charge is 2.30. The van der Waals surface area contributed by atoms with Gasteiger partial charge in [0.1, 0.15) is 15.7 Å². The quantitative estimate of drug-likeness (QED) is 0.552. The first kappa shape index (κ1) is 19.0. The molecule has 9 heteroatoms. The summed E-state index contributed by atoms with van der Waals surface area (Å²) >= 11 is 3.57. The molecule has 3 aliphatic rings. The van der Waals surface area contributed by atoms with Crippen LogP contribution >= 0.6 is 23.1 Å². The van der Waals surface area contributed by atoms with E-state index in [1.54, 1.807) is 11.8 Å². The fourth-order valence-corrected chi connectivity index (χ4v) is 6.82. The lowest BCUT2D eigenvalue weighted by Crippen LogP contribution is -2.38. The number of rotatable bonds is 5. The minimum Gasteiger partial charge on any atom is -0.378 e. The fourth-order valence-electron chi connectivity index (χ4n) is 4.45. The van der Waals surface area contributed by atoms with E-state index in [1.807, 2.05) is 11.3 Å². The standard InChI is InChI=1S/C21H26N6OS2/c1-2-27-20(26-9-11-28-12-10-26)24-25-21(27)30-19-16-14-5-3-4-6-15(14)29-18(16)22-17(23-19)13-7-8-13/h13H,2-12H2,1H3. The first-order valence-electron chi connectivity index (χ1n) is 11.1. The molecule has 6 rings (SSSR count). The van der Waals surface area contributed by atoms with Crippen LogP contribution in [0.5, 0.6) is 0 Å². The van der Waals surface area contributed by atoms with E-state index in [9.17, 15) is 0 Å². The lowest BCUT2D eigenvalue weighted by molar-refractivity contribution is 0.121. The summed E-state index contributed by atoms with van der Waals surface area (Å²) < 4.78 is 7.73. The molecule has 0 atom stereocenters. The summed E-state index contributed by atoms with van der Waals surface area (Å²) in [6.45, 7) is 6.23. The van der Waals surface area contributed by atoms with E-state index in [-0.39, 0.29) is 0 Å². The van der Waals surface area contributed by atoms with E-state index >= 15 is 0 Å². The van der Waals surface area contributed by atoms with E-state index in [0.717, 1.165) is 61.2 Å². The van der Waals surface area contributed by atoms with Crippen LogP contribution in [0.4, 0.5) is 5.95 Å². The molecular formula is C21H26N6OS2. The summed E-state index contributed by atoms with van der Waals surface area (Å²) in [5, 5.41) is 12.4. The molecule has 4 heterocycles. The third-order valence-corrected chi connectivity index (χ3v) is 8.40. The molecule has 0 bridgehead atoms. The van der Waals surface area contributed by atoms with Crippen LogP contribution in [-0.4, -0.2) is 51.0 Å². The van der Waals surface area contributed by atoms with Gasteiger partial charge >= 0.3 is 0 Å². The molecule has 7 nitrogen and oxygen atoms in total. The monoisotopic (exact) mass is 442 g/mol. The number of fused-ring (bicyclic) bond motifs is 3. The predicted octanol–water partition coefficient (Wildman–Crippen LogP) is 4.05. The number of morpholine rings is 1. The van der Waals surface area contributed by atoms with Crippen LogP contribution in [0.15, 0.2) is 10.2 Å². The molecule has 3 aromatic rings. The highest BCUT2D eigenvalue weighted by Crippen LogP contribution is 2.45. The Morgan fingerprint density at radius 2 is 1.93 bits per heavy atom. The first-order chi connectivity index (χ1) is 14.8. The van der Waals surface area contributed by atoms with Crippen molar-refractivity contribution >= 4 is 39.3 Å². The van der Waals surface area contributed by atoms with Crippen molar-refractivity contribution in [2.24, 2.45) is 0 Å². The average Bonchev–Trinajstić information content (AvgIpc) is 3.45. The maximum atomic E-state index is 5.51. The van der Waals surface area contributed by atoms with Gasteiger partial charge in [-0.15, -0.1) is 21.5 Å². The second kappa shape index (κ2) is 7.76. The van der Waals surface area contributed by atoms with Crippen LogP contribution in [0.1, 0.15) is 54.8 Å². The van der Waals surface area contributed by atoms with Gasteiger partial charge in [0.25, 0.3) is 0 Å². The third-order valence-electron chi connectivity index (χ3n) is 6.24. The van der Waals surface area contributed by atoms with E-state index in [1.165, 1.54) is 52.8 Å². The molecule has 1 saturated carbocycles. The molecule has 0 radical (unpaired) electrons. The lowest BCUT2D eigenvalue weighted by Gasteiger charge is -2.27. The minimum atomic E-state index is 0.542. The first-order valence-corrected chi connectivity index (χ1v) is 12.7. The van der Waals surface area contributed by atoms with Crippen LogP contribution < -0.4 is 4.90 Å². The summed E-state index contributed by atoms with van der Waals surface area (Å²) in [7, 11) is 0. The Bertz CT molecular complexity index is 1080. The summed E-state index contributed by atoms with van der Waals surface area (Å²) in [6, 6.07) is 0. The second-order valence-corrected chi connectivity index (χ2v) is 10.3. The van der Waals surface area contributed by atoms with Gasteiger partial charge in [-0.2, -0.15) is 0 Å². The number of nitrogens with zero attached hydrogens (tertiary/aromatic N) is 6. The summed E-state index contributed by atoms with van der Waals surface area (Å²) in [5.41, 5.74) is 1.49. The van der Waals surface area contributed by atoms with E-state index in [2.05, 4.69) is 26.6 Å². The van der Waals surface area contributed by atoms with Crippen LogP contribution in [0.25, 0.3) is 10.2 Å². The molecular weight excluding hydrogens is 416 g/mol. The van der Waals surface area contributed by atoms with Crippen LogP contribution in [-0.2, 0) is 24.1 Å². The van der Waals surface area contributed by atoms with Crippen molar-refractivity contribution in [3.63, 3.8) is 0 Å². The maximum absolute atomic E-state index is 5.51. The molecule has 1 saturated heterocycles. The Morgan fingerprint density at radius 1 is 1.10 bits per heavy atom. The van der Waals surface area contributed by atoms with Crippen LogP contribution in [0, 0.1) is 0 Å². The van der Waals surface area contributed by atoms with Gasteiger partial charge < -0.3 is 9.64 Å². The number of hydrogen-bond acceptors (Lipinski definition) is 8. The third kappa shape index (κ3) is 3.31. The smallest absolute Gasteiger partial charge is 0.228 e. The number of hydrogen-bond donors (Lipinski definition) is 0. The maximum Gasteiger partial charge on any atom is 0.228 e. The molecule has 3 aromatic heterocycles. The Morgan fingerprint density at radius 3 is 2.73 bits per heavy atom. The number of ether oxygens (including phenoxy) is 1. The zero-order valence-corrected chi connectivity index (χ0v) is 18.9. The zero-order valence-electron chi connectivity index (χ0n) is 17.3. The predicted molar refractivity (Wildman–Crippen MR) is 119 cm³/mol. The van der Waals surface area contributed by atoms with Crippen molar-refractivity contribution in [3.05, 3.63) is 16.3 Å². The van der Waals surface area contributed by atoms with Gasteiger partial charge in [0.2, 0.25) is 5.95 Å². The Labute approximate surface area is 184 Å². The van der Waals surface area contributed by atoms with E-state index in [0.29, 0.717) is 5.92 Å². The van der Waals surface area contributed by atoms with Crippen molar-refractivity contribution in [1.82, 2.24) is 24.7 Å². The van der Waals surface area contributed by atoms with Gasteiger partial charge in [-0.05, 0) is 62.8 Å². The second-order valence-electron chi connectivity index (χ2n) is 8.28. The molecule has 2 aliphatic carbocycles. The topological polar surface area (TPSA) is 69.0 Å². The number of thiophene rings is 1. The molecule has 2 fully saturated rings. The van der Waals surface area contributed by atoms with E-state index < -0.39 is 0 Å². The number of anilines is 1. The van der Waals surface area contributed by atoms with Crippen LogP contribution in [0.3, 0.4) is 0 Å². The van der Waals surface area contributed by atoms with Crippen molar-refractivity contribution in [1.29, 1.82) is 0 Å². The van der Waals surface area contributed by atoms with Crippen molar-refractivity contribution in [3.8, 4) is 0 Å². The number of aryl methyl sites for hydroxylation is 2. The summed E-state index contributed by atoms with van der Waals surface area (Å²) in [4.78, 5) is 15.1. The average molecular weight is 443 g/mol. The lowest BCUT2D eigenvalue weighted by atomic mass is 9.97. The summed E-state index contributed by atoms with van der Waals surface area (Å²) in [6.07, 6.45) is 7.32. The minimum absolute atomic E-state index is 0.542. The fraction of sp³-hybridized carbons (Fsp3) is 0.619. The Kier molecular flexibility index (Phi) is 4.92. The molecule has 30 heavy (non-hydrogen) atoms. The van der Waals surface area contributed by atoms with Gasteiger partial charge in [-0.25, -0.2) is 9.97 Å². The van der Waals surface area contributed by atoms with Crippen molar-refractivity contribution in [2.75, 3.05) is 31.2 Å². The summed E-state index contributed by atoms with van der Waals surface area (Å²) in [5.74, 6) is 2.52. The van der Waals surface area contributed by atoms with Gasteiger partial charge in [0.15, 0.2) is 5.16 Å². The normalized spacial score (nSPS) is 19.4. The zero-order chi connectivity index (χ0) is 20.1. The number of aromatic nitrogens is 5. The van der Waals surface area contributed by atoms with Gasteiger partial charge in [-0.1, -0.05) is 0 Å². The molecule has 1 aliphatic heterocycles. The molecule has 158 valence electrons. The van der Waals surface area contributed by atoms with E-state index in [4.69, 9.17) is 14.7 Å². The Hall–Kier alpha value is -1.71. The highest BCUT2D eigenvalue weighted by atomic mass is 32.2. The van der Waals surface area contributed by atoms with Gasteiger partial charge in [0.05, 0.1) is 13.2 Å². The van der Waals surface area contributed by atoms with Gasteiger partial charge in [0, 0.05) is 35.8 Å². The molecule has 0 aromatic carbocycles. The molecule has 0 amide bonds. The molecule has 0 spiro atoms. The SMILES string of the molecule is CCn1c(Sc2nc(C3CC3)nc3sc4c(c23)CCCC4)nnc1N1CCOCC1. The molecule has 0 N–H and O–H groups in total.